The van der Waals surface area contributed by atoms with Crippen LogP contribution in [0.1, 0.15) is 118 Å². The van der Waals surface area contributed by atoms with Crippen molar-refractivity contribution in [2.75, 3.05) is 7.05 Å². The van der Waals surface area contributed by atoms with Crippen molar-refractivity contribution in [1.82, 2.24) is 15.6 Å². The quantitative estimate of drug-likeness (QED) is 0.330. The summed E-state index contributed by atoms with van der Waals surface area (Å²) in [6, 6.07) is 8.29. The highest BCUT2D eigenvalue weighted by atomic mass is 32.1. The van der Waals surface area contributed by atoms with Gasteiger partial charge in [0.2, 0.25) is 5.78 Å². The van der Waals surface area contributed by atoms with E-state index in [-0.39, 0.29) is 29.7 Å². The van der Waals surface area contributed by atoms with Gasteiger partial charge in [-0.25, -0.2) is 4.98 Å². The molecule has 5 atom stereocenters. The van der Waals surface area contributed by atoms with E-state index in [1.165, 1.54) is 19.3 Å². The van der Waals surface area contributed by atoms with Crippen molar-refractivity contribution in [3.05, 3.63) is 51.5 Å². The van der Waals surface area contributed by atoms with E-state index < -0.39 is 0 Å². The normalized spacial score (nSPS) is 23.2. The molecular formula is C31H45N3O2S. The minimum absolute atomic E-state index is 0.0186. The van der Waals surface area contributed by atoms with Crippen LogP contribution in [0.5, 0.6) is 0 Å². The number of hydrogen-bond acceptors (Lipinski definition) is 6. The van der Waals surface area contributed by atoms with E-state index in [0.717, 1.165) is 42.7 Å². The number of carbonyl (C=O) groups is 2. The monoisotopic (exact) mass is 523 g/mol. The van der Waals surface area contributed by atoms with Crippen LogP contribution in [0.3, 0.4) is 0 Å². The lowest BCUT2D eigenvalue weighted by atomic mass is 9.77. The Morgan fingerprint density at radius 2 is 1.73 bits per heavy atom. The van der Waals surface area contributed by atoms with E-state index >= 15 is 0 Å². The standard InChI is InChI=1S/C31H45N3O2S/c1-19(2)23-13-9-14-24(17-23)29(35)27-18-37-31(34-27)26-16-10-15-25(26)30(36)28(22-11-7-6-8-12-22)33-21(4)20(3)32-5/h9,13-14,17-22,25-26,28,32-33H,6-8,10-12,15-16H2,1-5H3/t20-,21?,25?,26+,28-/m0/s1. The van der Waals surface area contributed by atoms with Gasteiger partial charge in [-0.05, 0) is 70.0 Å². The molecule has 1 aromatic carbocycles. The van der Waals surface area contributed by atoms with Gasteiger partial charge in [-0.15, -0.1) is 11.3 Å². The van der Waals surface area contributed by atoms with Crippen molar-refractivity contribution in [2.24, 2.45) is 11.8 Å². The molecule has 2 aliphatic rings. The Labute approximate surface area is 227 Å². The minimum atomic E-state index is -0.100. The smallest absolute Gasteiger partial charge is 0.212 e. The molecule has 2 unspecified atom stereocenters. The zero-order chi connectivity index (χ0) is 26.5. The zero-order valence-electron chi connectivity index (χ0n) is 23.3. The summed E-state index contributed by atoms with van der Waals surface area (Å²) < 4.78 is 0. The third kappa shape index (κ3) is 6.58. The second kappa shape index (κ2) is 12.8. The number of Topliss-reactive ketones (excluding diaryl/α,β-unsaturated/α-hetero) is 1. The van der Waals surface area contributed by atoms with Gasteiger partial charge in [0.15, 0.2) is 5.78 Å². The Hall–Kier alpha value is -1.89. The van der Waals surface area contributed by atoms with E-state index in [4.69, 9.17) is 4.98 Å². The Balaban J connectivity index is 1.53. The fourth-order valence-electron chi connectivity index (χ4n) is 6.17. The van der Waals surface area contributed by atoms with Crippen LogP contribution in [-0.4, -0.2) is 41.7 Å². The third-order valence-corrected chi connectivity index (χ3v) is 9.82. The molecule has 0 amide bonds. The van der Waals surface area contributed by atoms with Crippen LogP contribution >= 0.6 is 11.3 Å². The van der Waals surface area contributed by atoms with E-state index in [0.29, 0.717) is 34.9 Å². The van der Waals surface area contributed by atoms with E-state index in [9.17, 15) is 9.59 Å². The molecule has 37 heavy (non-hydrogen) atoms. The topological polar surface area (TPSA) is 71.1 Å². The zero-order valence-corrected chi connectivity index (χ0v) is 24.1. The first kappa shape index (κ1) is 28.1. The first-order valence-corrected chi connectivity index (χ1v) is 15.2. The largest absolute Gasteiger partial charge is 0.316 e. The molecule has 0 radical (unpaired) electrons. The molecule has 2 saturated carbocycles. The van der Waals surface area contributed by atoms with Gasteiger partial charge in [0.25, 0.3) is 0 Å². The Morgan fingerprint density at radius 3 is 2.43 bits per heavy atom. The molecule has 0 spiro atoms. The number of nitrogens with one attached hydrogen (secondary N) is 2. The molecule has 2 aliphatic carbocycles. The fourth-order valence-corrected chi connectivity index (χ4v) is 7.17. The molecule has 0 saturated heterocycles. The van der Waals surface area contributed by atoms with Crippen LogP contribution in [-0.2, 0) is 4.79 Å². The summed E-state index contributed by atoms with van der Waals surface area (Å²) in [5, 5.41) is 9.95. The lowest BCUT2D eigenvalue weighted by molar-refractivity contribution is -0.127. The molecule has 0 bridgehead atoms. The van der Waals surface area contributed by atoms with E-state index in [2.05, 4.69) is 44.4 Å². The van der Waals surface area contributed by atoms with Gasteiger partial charge in [0, 0.05) is 34.9 Å². The number of nitrogens with zero attached hydrogens (tertiary/aromatic N) is 1. The second-order valence-corrected chi connectivity index (χ2v) is 12.5. The van der Waals surface area contributed by atoms with Gasteiger partial charge in [0.1, 0.15) is 5.69 Å². The maximum absolute atomic E-state index is 14.2. The highest BCUT2D eigenvalue weighted by molar-refractivity contribution is 7.10. The molecule has 1 heterocycles. The summed E-state index contributed by atoms with van der Waals surface area (Å²) in [4.78, 5) is 32.3. The number of likely N-dealkylation sites (N-methyl/N-ethyl adjacent to an activating group) is 1. The van der Waals surface area contributed by atoms with Crippen LogP contribution in [0, 0.1) is 11.8 Å². The SMILES string of the molecule is CN[C@@H](C)C(C)N[C@H](C(=O)C1CCC[C@H]1c1nc(C(=O)c2cccc(C(C)C)c2)cs1)C1CCCCC1. The lowest BCUT2D eigenvalue weighted by Gasteiger charge is -2.36. The predicted octanol–water partition coefficient (Wildman–Crippen LogP) is 6.49. The number of benzene rings is 1. The summed E-state index contributed by atoms with van der Waals surface area (Å²) in [5.41, 5.74) is 2.36. The van der Waals surface area contributed by atoms with E-state index in [1.807, 2.05) is 30.6 Å². The van der Waals surface area contributed by atoms with Crippen molar-refractivity contribution in [3.8, 4) is 0 Å². The maximum Gasteiger partial charge on any atom is 0.212 e. The van der Waals surface area contributed by atoms with Gasteiger partial charge < -0.3 is 10.6 Å². The third-order valence-electron chi connectivity index (χ3n) is 8.84. The number of rotatable bonds is 11. The summed E-state index contributed by atoms with van der Waals surface area (Å²) in [5.74, 6) is 1.23. The highest BCUT2D eigenvalue weighted by Crippen LogP contribution is 2.43. The first-order chi connectivity index (χ1) is 17.8. The van der Waals surface area contributed by atoms with Gasteiger partial charge in [-0.3, -0.25) is 9.59 Å². The second-order valence-electron chi connectivity index (χ2n) is 11.6. The van der Waals surface area contributed by atoms with Gasteiger partial charge in [-0.1, -0.05) is 57.7 Å². The van der Waals surface area contributed by atoms with Gasteiger partial charge >= 0.3 is 0 Å². The molecule has 2 fully saturated rings. The van der Waals surface area contributed by atoms with Crippen LogP contribution < -0.4 is 10.6 Å². The molecule has 6 heteroatoms. The Kier molecular flexibility index (Phi) is 9.71. The minimum Gasteiger partial charge on any atom is -0.316 e. The number of thiazole rings is 1. The average molecular weight is 524 g/mol. The molecule has 2 N–H and O–H groups in total. The number of hydrogen-bond donors (Lipinski definition) is 2. The van der Waals surface area contributed by atoms with Crippen LogP contribution in [0.4, 0.5) is 0 Å². The predicted molar refractivity (Wildman–Crippen MR) is 153 cm³/mol. The van der Waals surface area contributed by atoms with Gasteiger partial charge in [-0.2, -0.15) is 0 Å². The van der Waals surface area contributed by atoms with Crippen LogP contribution in [0.2, 0.25) is 0 Å². The summed E-state index contributed by atoms with van der Waals surface area (Å²) in [7, 11) is 1.98. The highest BCUT2D eigenvalue weighted by Gasteiger charge is 2.42. The van der Waals surface area contributed by atoms with Crippen molar-refractivity contribution in [3.63, 3.8) is 0 Å². The maximum atomic E-state index is 14.2. The van der Waals surface area contributed by atoms with Crippen molar-refractivity contribution in [1.29, 1.82) is 0 Å². The molecule has 5 nitrogen and oxygen atoms in total. The summed E-state index contributed by atoms with van der Waals surface area (Å²) >= 11 is 1.56. The molecule has 2 aromatic rings. The average Bonchev–Trinajstić information content (AvgIpc) is 3.61. The summed E-state index contributed by atoms with van der Waals surface area (Å²) in [6.07, 6.45) is 8.91. The molecule has 1 aromatic heterocycles. The van der Waals surface area contributed by atoms with E-state index in [1.54, 1.807) is 11.3 Å². The molecular weight excluding hydrogens is 478 g/mol. The molecule has 4 rings (SSSR count). The van der Waals surface area contributed by atoms with Crippen molar-refractivity contribution < 1.29 is 9.59 Å². The van der Waals surface area contributed by atoms with Crippen molar-refractivity contribution >= 4 is 22.9 Å². The first-order valence-electron chi connectivity index (χ1n) is 14.4. The number of carbonyl (C=O) groups excluding carboxylic acids is 2. The van der Waals surface area contributed by atoms with Gasteiger partial charge in [0.05, 0.1) is 11.0 Å². The molecule has 0 aliphatic heterocycles. The summed E-state index contributed by atoms with van der Waals surface area (Å²) in [6.45, 7) is 8.63. The number of ketones is 2. The van der Waals surface area contributed by atoms with Crippen LogP contribution in [0.25, 0.3) is 0 Å². The Morgan fingerprint density at radius 1 is 0.973 bits per heavy atom. The fraction of sp³-hybridized carbons (Fsp3) is 0.645. The number of aromatic nitrogens is 1. The lowest BCUT2D eigenvalue weighted by Crippen LogP contribution is -2.54. The molecule has 202 valence electrons. The van der Waals surface area contributed by atoms with Crippen molar-refractivity contribution in [2.45, 2.75) is 109 Å². The van der Waals surface area contributed by atoms with Crippen LogP contribution in [0.15, 0.2) is 29.6 Å². The Bertz CT molecular complexity index is 1060.